The van der Waals surface area contributed by atoms with Crippen molar-refractivity contribution >= 4 is 0 Å². The van der Waals surface area contributed by atoms with Crippen molar-refractivity contribution in [3.05, 3.63) is 0 Å². The average molecular weight is 161 g/mol. The van der Waals surface area contributed by atoms with Gasteiger partial charge in [0.05, 0.1) is 12.8 Å². The van der Waals surface area contributed by atoms with Crippen molar-refractivity contribution in [1.82, 2.24) is 10.2 Å². The second-order valence-corrected chi connectivity index (χ2v) is 2.67. The summed E-state index contributed by atoms with van der Waals surface area (Å²) < 4.78 is 0. The van der Waals surface area contributed by atoms with Gasteiger partial charge in [-0.25, -0.2) is 0 Å². The fourth-order valence-corrected chi connectivity index (χ4v) is 1.22. The first-order valence-electron chi connectivity index (χ1n) is 3.76. The molecule has 5 nitrogen and oxygen atoms in total. The van der Waals surface area contributed by atoms with Crippen LogP contribution < -0.4 is 11.1 Å². The molecule has 2 atom stereocenters. The second-order valence-electron chi connectivity index (χ2n) is 2.67. The zero-order valence-corrected chi connectivity index (χ0v) is 6.40. The van der Waals surface area contributed by atoms with Gasteiger partial charge < -0.3 is 21.3 Å². The fourth-order valence-electron chi connectivity index (χ4n) is 1.22. The Kier molecular flexibility index (Phi) is 3.22. The number of nitrogens with two attached hydrogens (primary N) is 1. The van der Waals surface area contributed by atoms with Crippen molar-refractivity contribution in [3.63, 3.8) is 0 Å². The van der Waals surface area contributed by atoms with E-state index in [0.717, 1.165) is 6.54 Å². The molecule has 0 amide bonds. The molecule has 5 N–H and O–H groups in total. The number of rotatable bonds is 2. The lowest BCUT2D eigenvalue weighted by molar-refractivity contribution is -0.0634. The maximum absolute atomic E-state index is 9.22. The number of aliphatic hydroxyl groups excluding tert-OH is 2. The molecule has 1 saturated heterocycles. The molecule has 0 saturated carbocycles. The predicted molar refractivity (Wildman–Crippen MR) is 40.6 cm³/mol. The minimum atomic E-state index is -0.813. The van der Waals surface area contributed by atoms with E-state index in [-0.39, 0.29) is 12.8 Å². The predicted octanol–water partition coefficient (Wildman–Crippen LogP) is -2.51. The lowest BCUT2D eigenvalue weighted by atomic mass is 10.3. The Bertz CT molecular complexity index is 118. The van der Waals surface area contributed by atoms with E-state index in [1.54, 1.807) is 4.90 Å². The summed E-state index contributed by atoms with van der Waals surface area (Å²) in [4.78, 5) is 1.68. The monoisotopic (exact) mass is 161 g/mol. The zero-order valence-electron chi connectivity index (χ0n) is 6.40. The number of nitrogens with zero attached hydrogens (tertiary/aromatic N) is 1. The number of hydrogen-bond acceptors (Lipinski definition) is 5. The third-order valence-corrected chi connectivity index (χ3v) is 1.87. The van der Waals surface area contributed by atoms with E-state index in [1.807, 2.05) is 0 Å². The quantitative estimate of drug-likeness (QED) is 0.359. The third-order valence-electron chi connectivity index (χ3n) is 1.87. The Morgan fingerprint density at radius 1 is 1.73 bits per heavy atom. The molecule has 0 aromatic rings. The van der Waals surface area contributed by atoms with Crippen molar-refractivity contribution in [1.29, 1.82) is 0 Å². The van der Waals surface area contributed by atoms with Crippen LogP contribution in [0.2, 0.25) is 0 Å². The van der Waals surface area contributed by atoms with E-state index in [9.17, 15) is 5.11 Å². The topological polar surface area (TPSA) is 81.8 Å². The molecule has 1 rings (SSSR count). The van der Waals surface area contributed by atoms with Crippen molar-refractivity contribution in [2.45, 2.75) is 12.4 Å². The van der Waals surface area contributed by atoms with Gasteiger partial charge in [-0.15, -0.1) is 0 Å². The van der Waals surface area contributed by atoms with Crippen LogP contribution in [0, 0.1) is 0 Å². The first kappa shape index (κ1) is 8.89. The minimum absolute atomic E-state index is 0.189. The molecular formula is C6H15N3O2. The smallest absolute Gasteiger partial charge is 0.132 e. The molecule has 66 valence electrons. The van der Waals surface area contributed by atoms with Crippen molar-refractivity contribution in [2.75, 3.05) is 26.2 Å². The van der Waals surface area contributed by atoms with Gasteiger partial charge in [0, 0.05) is 19.6 Å². The average Bonchev–Trinajstić information content (AvgIpc) is 2.04. The van der Waals surface area contributed by atoms with Crippen molar-refractivity contribution in [3.8, 4) is 0 Å². The largest absolute Gasteiger partial charge is 0.392 e. The molecule has 0 radical (unpaired) electrons. The summed E-state index contributed by atoms with van der Waals surface area (Å²) in [6, 6.07) is 0. The summed E-state index contributed by atoms with van der Waals surface area (Å²) in [6.45, 7) is 1.90. The molecular weight excluding hydrogens is 146 g/mol. The minimum Gasteiger partial charge on any atom is -0.392 e. The standard InChI is InChI=1S/C6H15N3O2/c7-5-3-8-1-2-9(5)6(11)4-10/h5-6,8,10-11H,1-4,7H2. The highest BCUT2D eigenvalue weighted by Gasteiger charge is 2.23. The SMILES string of the molecule is NC1CNCCN1C(O)CO. The molecule has 0 bridgehead atoms. The summed E-state index contributed by atoms with van der Waals surface area (Å²) in [7, 11) is 0. The van der Waals surface area contributed by atoms with Gasteiger partial charge in [0.15, 0.2) is 0 Å². The Balaban J connectivity index is 2.40. The molecule has 5 heteroatoms. The Labute approximate surface area is 65.8 Å². The molecule has 0 spiro atoms. The van der Waals surface area contributed by atoms with Gasteiger partial charge in [-0.3, -0.25) is 4.90 Å². The van der Waals surface area contributed by atoms with E-state index in [4.69, 9.17) is 10.8 Å². The first-order chi connectivity index (χ1) is 5.25. The van der Waals surface area contributed by atoms with Crippen LogP contribution in [0.25, 0.3) is 0 Å². The highest BCUT2D eigenvalue weighted by atomic mass is 16.3. The number of aliphatic hydroxyl groups is 2. The molecule has 1 aliphatic heterocycles. The van der Waals surface area contributed by atoms with Crippen LogP contribution >= 0.6 is 0 Å². The van der Waals surface area contributed by atoms with E-state index in [0.29, 0.717) is 13.1 Å². The molecule has 0 aromatic heterocycles. The molecule has 1 fully saturated rings. The third kappa shape index (κ3) is 2.11. The summed E-state index contributed by atoms with van der Waals surface area (Å²) in [5, 5.41) is 20.9. The maximum Gasteiger partial charge on any atom is 0.132 e. The zero-order chi connectivity index (χ0) is 8.27. The molecule has 1 aliphatic rings. The van der Waals surface area contributed by atoms with E-state index in [2.05, 4.69) is 5.32 Å². The van der Waals surface area contributed by atoms with E-state index >= 15 is 0 Å². The maximum atomic E-state index is 9.22. The Hall–Kier alpha value is -0.200. The van der Waals surface area contributed by atoms with Gasteiger partial charge in [0.25, 0.3) is 0 Å². The number of nitrogens with one attached hydrogen (secondary N) is 1. The van der Waals surface area contributed by atoms with Crippen LogP contribution in [0.5, 0.6) is 0 Å². The highest BCUT2D eigenvalue weighted by molar-refractivity contribution is 4.76. The summed E-state index contributed by atoms with van der Waals surface area (Å²) in [6.07, 6.45) is -1.00. The van der Waals surface area contributed by atoms with Crippen LogP contribution in [-0.4, -0.2) is 53.7 Å². The van der Waals surface area contributed by atoms with Gasteiger partial charge in [0.2, 0.25) is 0 Å². The van der Waals surface area contributed by atoms with Crippen LogP contribution in [0.3, 0.4) is 0 Å². The number of hydrogen-bond donors (Lipinski definition) is 4. The molecule has 0 aromatic carbocycles. The van der Waals surface area contributed by atoms with Crippen LogP contribution in [0.4, 0.5) is 0 Å². The van der Waals surface area contributed by atoms with Gasteiger partial charge >= 0.3 is 0 Å². The second kappa shape index (κ2) is 3.99. The van der Waals surface area contributed by atoms with Crippen LogP contribution in [-0.2, 0) is 0 Å². The van der Waals surface area contributed by atoms with Crippen LogP contribution in [0.1, 0.15) is 0 Å². The summed E-state index contributed by atoms with van der Waals surface area (Å²) >= 11 is 0. The van der Waals surface area contributed by atoms with E-state index in [1.165, 1.54) is 0 Å². The summed E-state index contributed by atoms with van der Waals surface area (Å²) in [5.41, 5.74) is 5.65. The van der Waals surface area contributed by atoms with Crippen molar-refractivity contribution < 1.29 is 10.2 Å². The van der Waals surface area contributed by atoms with Gasteiger partial charge in [-0.2, -0.15) is 0 Å². The molecule has 11 heavy (non-hydrogen) atoms. The molecule has 2 unspecified atom stereocenters. The van der Waals surface area contributed by atoms with Gasteiger partial charge in [0.1, 0.15) is 6.23 Å². The lowest BCUT2D eigenvalue weighted by Gasteiger charge is -2.36. The lowest BCUT2D eigenvalue weighted by Crippen LogP contribution is -2.59. The normalized spacial score (nSPS) is 30.3. The fraction of sp³-hybridized carbons (Fsp3) is 1.00. The van der Waals surface area contributed by atoms with Gasteiger partial charge in [-0.1, -0.05) is 0 Å². The van der Waals surface area contributed by atoms with Gasteiger partial charge in [-0.05, 0) is 0 Å². The molecule has 0 aliphatic carbocycles. The highest BCUT2D eigenvalue weighted by Crippen LogP contribution is 2.01. The molecule has 1 heterocycles. The first-order valence-corrected chi connectivity index (χ1v) is 3.76. The van der Waals surface area contributed by atoms with Crippen LogP contribution in [0.15, 0.2) is 0 Å². The van der Waals surface area contributed by atoms with Crippen molar-refractivity contribution in [2.24, 2.45) is 5.73 Å². The number of piperazine rings is 1. The Morgan fingerprint density at radius 3 is 3.00 bits per heavy atom. The Morgan fingerprint density at radius 2 is 2.45 bits per heavy atom. The summed E-state index contributed by atoms with van der Waals surface area (Å²) in [5.74, 6) is 0. The van der Waals surface area contributed by atoms with E-state index < -0.39 is 6.23 Å².